The molecular formula is C10H9ClO4. The van der Waals surface area contributed by atoms with Crippen molar-refractivity contribution in [3.05, 3.63) is 22.2 Å². The molecule has 0 aromatic heterocycles. The second-order valence-electron chi connectivity index (χ2n) is 3.09. The first kappa shape index (κ1) is 11.5. The molecule has 1 aromatic carbocycles. The summed E-state index contributed by atoms with van der Waals surface area (Å²) in [6, 6.07) is 1.13. The van der Waals surface area contributed by atoms with Gasteiger partial charge in [0.25, 0.3) is 0 Å². The maximum absolute atomic E-state index is 11.1. The zero-order chi connectivity index (χ0) is 11.7. The maximum atomic E-state index is 11.1. The minimum absolute atomic E-state index is 0.0806. The highest BCUT2D eigenvalue weighted by atomic mass is 35.5. The van der Waals surface area contributed by atoms with E-state index in [-0.39, 0.29) is 16.1 Å². The molecule has 0 saturated carbocycles. The van der Waals surface area contributed by atoms with Crippen molar-refractivity contribution >= 4 is 23.2 Å². The minimum atomic E-state index is -0.560. The smallest absolute Gasteiger partial charge is 0.167 e. The first-order valence-electron chi connectivity index (χ1n) is 4.12. The van der Waals surface area contributed by atoms with Crippen LogP contribution in [0.5, 0.6) is 11.5 Å². The number of rotatable bonds is 2. The molecule has 4 nitrogen and oxygen atoms in total. The SMILES string of the molecule is CC(=O)c1cc(Cl)c(O)c(C(C)=O)c1O. The van der Waals surface area contributed by atoms with Crippen molar-refractivity contribution in [1.82, 2.24) is 0 Å². The minimum Gasteiger partial charge on any atom is -0.506 e. The van der Waals surface area contributed by atoms with Crippen molar-refractivity contribution < 1.29 is 19.8 Å². The fourth-order valence-corrected chi connectivity index (χ4v) is 1.44. The van der Waals surface area contributed by atoms with Crippen molar-refractivity contribution in [2.75, 3.05) is 0 Å². The van der Waals surface area contributed by atoms with E-state index in [9.17, 15) is 19.8 Å². The Morgan fingerprint density at radius 3 is 2.07 bits per heavy atom. The highest BCUT2D eigenvalue weighted by Gasteiger charge is 2.21. The summed E-state index contributed by atoms with van der Waals surface area (Å²) in [6.07, 6.45) is 0. The first-order valence-corrected chi connectivity index (χ1v) is 4.50. The third-order valence-corrected chi connectivity index (χ3v) is 2.25. The zero-order valence-electron chi connectivity index (χ0n) is 8.17. The Morgan fingerprint density at radius 1 is 1.13 bits per heavy atom. The number of carbonyl (C=O) groups excluding carboxylic acids is 2. The molecular weight excluding hydrogens is 220 g/mol. The van der Waals surface area contributed by atoms with Crippen LogP contribution in [0.2, 0.25) is 5.02 Å². The molecule has 0 amide bonds. The van der Waals surface area contributed by atoms with E-state index in [2.05, 4.69) is 0 Å². The third-order valence-electron chi connectivity index (χ3n) is 1.96. The number of hydrogen-bond donors (Lipinski definition) is 2. The number of benzene rings is 1. The Kier molecular flexibility index (Phi) is 3.00. The van der Waals surface area contributed by atoms with Gasteiger partial charge in [-0.15, -0.1) is 0 Å². The second kappa shape index (κ2) is 3.90. The number of aromatic hydroxyl groups is 2. The van der Waals surface area contributed by atoms with Crippen LogP contribution in [-0.2, 0) is 0 Å². The summed E-state index contributed by atoms with van der Waals surface area (Å²) >= 11 is 5.61. The molecule has 0 bridgehead atoms. The van der Waals surface area contributed by atoms with Crippen molar-refractivity contribution in [2.45, 2.75) is 13.8 Å². The van der Waals surface area contributed by atoms with E-state index < -0.39 is 23.1 Å². The monoisotopic (exact) mass is 228 g/mol. The van der Waals surface area contributed by atoms with E-state index >= 15 is 0 Å². The molecule has 0 aliphatic rings. The van der Waals surface area contributed by atoms with Gasteiger partial charge in [-0.05, 0) is 19.9 Å². The summed E-state index contributed by atoms with van der Waals surface area (Å²) in [5.74, 6) is -2.03. The molecule has 15 heavy (non-hydrogen) atoms. The van der Waals surface area contributed by atoms with Crippen molar-refractivity contribution in [1.29, 1.82) is 0 Å². The van der Waals surface area contributed by atoms with Crippen molar-refractivity contribution in [3.63, 3.8) is 0 Å². The average Bonchev–Trinajstić information content (AvgIpc) is 2.10. The molecule has 0 radical (unpaired) electrons. The van der Waals surface area contributed by atoms with Crippen LogP contribution in [0.15, 0.2) is 6.07 Å². The molecule has 0 spiro atoms. The predicted molar refractivity (Wildman–Crippen MR) is 54.8 cm³/mol. The van der Waals surface area contributed by atoms with E-state index in [1.54, 1.807) is 0 Å². The predicted octanol–water partition coefficient (Wildman–Crippen LogP) is 2.16. The van der Waals surface area contributed by atoms with Gasteiger partial charge >= 0.3 is 0 Å². The van der Waals surface area contributed by atoms with Crippen molar-refractivity contribution in [3.8, 4) is 11.5 Å². The Hall–Kier alpha value is -1.55. The van der Waals surface area contributed by atoms with Crippen LogP contribution in [0, 0.1) is 0 Å². The zero-order valence-corrected chi connectivity index (χ0v) is 8.92. The van der Waals surface area contributed by atoms with Gasteiger partial charge in [0.1, 0.15) is 17.1 Å². The van der Waals surface area contributed by atoms with E-state index in [4.69, 9.17) is 11.6 Å². The average molecular weight is 229 g/mol. The van der Waals surface area contributed by atoms with Crippen LogP contribution in [0.3, 0.4) is 0 Å². The lowest BCUT2D eigenvalue weighted by Gasteiger charge is -2.09. The molecule has 1 aromatic rings. The molecule has 5 heteroatoms. The fourth-order valence-electron chi connectivity index (χ4n) is 1.23. The first-order chi connectivity index (χ1) is 6.86. The van der Waals surface area contributed by atoms with Gasteiger partial charge in [-0.2, -0.15) is 0 Å². The van der Waals surface area contributed by atoms with Crippen LogP contribution in [-0.4, -0.2) is 21.8 Å². The molecule has 0 aliphatic heterocycles. The highest BCUT2D eigenvalue weighted by Crippen LogP contribution is 2.37. The number of carbonyl (C=O) groups is 2. The normalized spacial score (nSPS) is 10.1. The second-order valence-corrected chi connectivity index (χ2v) is 3.50. The Morgan fingerprint density at radius 2 is 1.67 bits per heavy atom. The van der Waals surface area contributed by atoms with E-state index in [1.165, 1.54) is 6.92 Å². The molecule has 0 saturated heterocycles. The lowest BCUT2D eigenvalue weighted by atomic mass is 10.0. The Bertz CT molecular complexity index is 451. The highest BCUT2D eigenvalue weighted by molar-refractivity contribution is 6.33. The largest absolute Gasteiger partial charge is 0.506 e. The van der Waals surface area contributed by atoms with Gasteiger partial charge in [-0.3, -0.25) is 9.59 Å². The number of ketones is 2. The maximum Gasteiger partial charge on any atom is 0.167 e. The molecule has 0 unspecified atom stereocenters. The molecule has 0 fully saturated rings. The van der Waals surface area contributed by atoms with Gasteiger partial charge in [0, 0.05) is 0 Å². The van der Waals surface area contributed by atoms with Gasteiger partial charge in [-0.1, -0.05) is 11.6 Å². The van der Waals surface area contributed by atoms with Gasteiger partial charge in [0.05, 0.1) is 10.6 Å². The summed E-state index contributed by atoms with van der Waals surface area (Å²) < 4.78 is 0. The molecule has 80 valence electrons. The topological polar surface area (TPSA) is 74.6 Å². The Balaban J connectivity index is 3.63. The summed E-state index contributed by atoms with van der Waals surface area (Å²) in [6.45, 7) is 2.39. The van der Waals surface area contributed by atoms with Crippen LogP contribution in [0.4, 0.5) is 0 Å². The molecule has 1 rings (SSSR count). The summed E-state index contributed by atoms with van der Waals surface area (Å²) in [5, 5.41) is 18.9. The van der Waals surface area contributed by atoms with Gasteiger partial charge in [-0.25, -0.2) is 0 Å². The van der Waals surface area contributed by atoms with E-state index in [0.29, 0.717) is 0 Å². The Labute approximate surface area is 91.1 Å². The number of halogens is 1. The quantitative estimate of drug-likeness (QED) is 0.761. The van der Waals surface area contributed by atoms with Crippen LogP contribution >= 0.6 is 11.6 Å². The van der Waals surface area contributed by atoms with Crippen molar-refractivity contribution in [2.24, 2.45) is 0 Å². The van der Waals surface area contributed by atoms with Crippen LogP contribution in [0.1, 0.15) is 34.6 Å². The number of phenolic OH excluding ortho intramolecular Hbond substituents is 2. The standard InChI is InChI=1S/C10H9ClO4/c1-4(12)6-3-7(11)10(15)8(5(2)13)9(6)14/h3,14-15H,1-2H3. The van der Waals surface area contributed by atoms with Gasteiger partial charge in [0.15, 0.2) is 11.6 Å². The van der Waals surface area contributed by atoms with Gasteiger partial charge in [0.2, 0.25) is 0 Å². The molecule has 0 heterocycles. The van der Waals surface area contributed by atoms with Gasteiger partial charge < -0.3 is 10.2 Å². The summed E-state index contributed by atoms with van der Waals surface area (Å²) in [4.78, 5) is 22.2. The molecule has 0 aliphatic carbocycles. The van der Waals surface area contributed by atoms with E-state index in [0.717, 1.165) is 13.0 Å². The molecule has 2 N–H and O–H groups in total. The summed E-state index contributed by atoms with van der Waals surface area (Å²) in [7, 11) is 0. The number of hydrogen-bond acceptors (Lipinski definition) is 4. The van der Waals surface area contributed by atoms with E-state index in [1.807, 2.05) is 0 Å². The molecule has 0 atom stereocenters. The lowest BCUT2D eigenvalue weighted by molar-refractivity contribution is 0.101. The number of phenols is 2. The van der Waals surface area contributed by atoms with Crippen LogP contribution < -0.4 is 0 Å². The van der Waals surface area contributed by atoms with Crippen LogP contribution in [0.25, 0.3) is 0 Å². The third kappa shape index (κ3) is 1.94. The summed E-state index contributed by atoms with van der Waals surface area (Å²) in [5.41, 5.74) is -0.407. The lowest BCUT2D eigenvalue weighted by Crippen LogP contribution is -2.01. The fraction of sp³-hybridized carbons (Fsp3) is 0.200. The number of Topliss-reactive ketones (excluding diaryl/α,β-unsaturated/α-hetero) is 2.